The molecule has 5 heteroatoms. The van der Waals surface area contributed by atoms with E-state index in [2.05, 4.69) is 15.3 Å². The summed E-state index contributed by atoms with van der Waals surface area (Å²) in [5, 5.41) is 3.88. The van der Waals surface area contributed by atoms with E-state index in [0.29, 0.717) is 0 Å². The van der Waals surface area contributed by atoms with E-state index in [0.717, 1.165) is 39.4 Å². The Morgan fingerprint density at radius 3 is 2.79 bits per heavy atom. The van der Waals surface area contributed by atoms with Gasteiger partial charge in [-0.05, 0) is 32.2 Å². The SMILES string of the molecule is CNCc1cc(C)nc(CSc2ccccc2Cl)n1. The molecule has 2 rings (SSSR count). The van der Waals surface area contributed by atoms with Gasteiger partial charge in [0.1, 0.15) is 5.82 Å². The van der Waals surface area contributed by atoms with Crippen molar-refractivity contribution in [1.29, 1.82) is 0 Å². The molecule has 0 aliphatic carbocycles. The van der Waals surface area contributed by atoms with E-state index in [1.165, 1.54) is 0 Å². The summed E-state index contributed by atoms with van der Waals surface area (Å²) in [6, 6.07) is 9.82. The van der Waals surface area contributed by atoms with Crippen molar-refractivity contribution in [1.82, 2.24) is 15.3 Å². The Morgan fingerprint density at radius 1 is 1.26 bits per heavy atom. The van der Waals surface area contributed by atoms with Gasteiger partial charge in [0.25, 0.3) is 0 Å². The Bertz CT molecular complexity index is 560. The van der Waals surface area contributed by atoms with Gasteiger partial charge >= 0.3 is 0 Å². The number of benzene rings is 1. The number of aryl methyl sites for hydroxylation is 1. The number of halogens is 1. The van der Waals surface area contributed by atoms with E-state index >= 15 is 0 Å². The van der Waals surface area contributed by atoms with Gasteiger partial charge in [0, 0.05) is 17.1 Å². The van der Waals surface area contributed by atoms with Crippen LogP contribution in [-0.4, -0.2) is 17.0 Å². The highest BCUT2D eigenvalue weighted by Gasteiger charge is 2.05. The Kier molecular flexibility index (Phi) is 5.19. The van der Waals surface area contributed by atoms with E-state index in [4.69, 9.17) is 11.6 Å². The van der Waals surface area contributed by atoms with Gasteiger partial charge in [0.05, 0.1) is 16.5 Å². The van der Waals surface area contributed by atoms with Gasteiger partial charge in [-0.15, -0.1) is 11.8 Å². The molecule has 0 bridgehead atoms. The van der Waals surface area contributed by atoms with E-state index in [1.807, 2.05) is 44.3 Å². The number of aromatic nitrogens is 2. The van der Waals surface area contributed by atoms with E-state index in [1.54, 1.807) is 11.8 Å². The summed E-state index contributed by atoms with van der Waals surface area (Å²) in [7, 11) is 1.91. The fourth-order valence-corrected chi connectivity index (χ4v) is 2.83. The Morgan fingerprint density at radius 2 is 2.05 bits per heavy atom. The van der Waals surface area contributed by atoms with Crippen LogP contribution in [0.5, 0.6) is 0 Å². The first-order valence-corrected chi connectivity index (χ1v) is 7.41. The van der Waals surface area contributed by atoms with Gasteiger partial charge in [-0.2, -0.15) is 0 Å². The molecule has 1 N–H and O–H groups in total. The number of nitrogens with zero attached hydrogens (tertiary/aromatic N) is 2. The Labute approximate surface area is 122 Å². The number of hydrogen-bond acceptors (Lipinski definition) is 4. The zero-order valence-electron chi connectivity index (χ0n) is 11.0. The van der Waals surface area contributed by atoms with Crippen LogP contribution in [0.1, 0.15) is 17.2 Å². The van der Waals surface area contributed by atoms with Crippen molar-refractivity contribution < 1.29 is 0 Å². The van der Waals surface area contributed by atoms with Gasteiger partial charge in [-0.25, -0.2) is 9.97 Å². The van der Waals surface area contributed by atoms with Gasteiger partial charge < -0.3 is 5.32 Å². The molecule has 3 nitrogen and oxygen atoms in total. The average molecular weight is 294 g/mol. The van der Waals surface area contributed by atoms with Crippen LogP contribution in [0.3, 0.4) is 0 Å². The fraction of sp³-hybridized carbons (Fsp3) is 0.286. The van der Waals surface area contributed by atoms with Crippen molar-refractivity contribution >= 4 is 23.4 Å². The number of rotatable bonds is 5. The van der Waals surface area contributed by atoms with Crippen molar-refractivity contribution in [3.8, 4) is 0 Å². The third-order valence-electron chi connectivity index (χ3n) is 2.50. The van der Waals surface area contributed by atoms with Gasteiger partial charge in [0.15, 0.2) is 0 Å². The predicted octanol–water partition coefficient (Wildman–Crippen LogP) is 3.45. The van der Waals surface area contributed by atoms with Crippen LogP contribution in [0.4, 0.5) is 0 Å². The molecule has 0 saturated heterocycles. The second-order valence-electron chi connectivity index (χ2n) is 4.17. The molecule has 1 heterocycles. The highest BCUT2D eigenvalue weighted by atomic mass is 35.5. The normalized spacial score (nSPS) is 10.7. The quantitative estimate of drug-likeness (QED) is 0.857. The van der Waals surface area contributed by atoms with Crippen molar-refractivity contribution in [2.24, 2.45) is 0 Å². The molecule has 0 unspecified atom stereocenters. The van der Waals surface area contributed by atoms with Crippen LogP contribution in [0, 0.1) is 6.92 Å². The molecule has 0 radical (unpaired) electrons. The van der Waals surface area contributed by atoms with Gasteiger partial charge in [0.2, 0.25) is 0 Å². The standard InChI is InChI=1S/C14H16ClN3S/c1-10-7-11(8-16-2)18-14(17-10)9-19-13-6-4-3-5-12(13)15/h3-7,16H,8-9H2,1-2H3. The van der Waals surface area contributed by atoms with Crippen LogP contribution in [-0.2, 0) is 12.3 Å². The summed E-state index contributed by atoms with van der Waals surface area (Å²) in [4.78, 5) is 10.0. The second-order valence-corrected chi connectivity index (χ2v) is 5.59. The molecule has 0 saturated carbocycles. The first-order chi connectivity index (χ1) is 9.19. The molecular weight excluding hydrogens is 278 g/mol. The van der Waals surface area contributed by atoms with Crippen LogP contribution in [0.15, 0.2) is 35.2 Å². The molecule has 0 spiro atoms. The van der Waals surface area contributed by atoms with Crippen molar-refractivity contribution in [2.45, 2.75) is 24.1 Å². The predicted molar refractivity (Wildman–Crippen MR) is 80.5 cm³/mol. The molecule has 1 aromatic heterocycles. The zero-order chi connectivity index (χ0) is 13.7. The maximum atomic E-state index is 6.13. The molecule has 0 atom stereocenters. The topological polar surface area (TPSA) is 37.8 Å². The fourth-order valence-electron chi connectivity index (χ4n) is 1.74. The molecule has 2 aromatic rings. The first-order valence-electron chi connectivity index (χ1n) is 6.04. The molecule has 0 aliphatic heterocycles. The third kappa shape index (κ3) is 4.20. The van der Waals surface area contributed by atoms with Crippen LogP contribution in [0.2, 0.25) is 5.02 Å². The minimum Gasteiger partial charge on any atom is -0.314 e. The molecule has 0 aliphatic rings. The van der Waals surface area contributed by atoms with Crippen LogP contribution >= 0.6 is 23.4 Å². The maximum Gasteiger partial charge on any atom is 0.139 e. The van der Waals surface area contributed by atoms with Crippen molar-refractivity contribution in [3.63, 3.8) is 0 Å². The molecule has 1 aromatic carbocycles. The lowest BCUT2D eigenvalue weighted by molar-refractivity contribution is 0.773. The second kappa shape index (κ2) is 6.89. The zero-order valence-corrected chi connectivity index (χ0v) is 12.6. The molecule has 0 fully saturated rings. The lowest BCUT2D eigenvalue weighted by Gasteiger charge is -2.06. The monoisotopic (exact) mass is 293 g/mol. The summed E-state index contributed by atoms with van der Waals surface area (Å²) in [5.74, 6) is 1.57. The summed E-state index contributed by atoms with van der Waals surface area (Å²) in [5.41, 5.74) is 2.01. The molecular formula is C14H16ClN3S. The summed E-state index contributed by atoms with van der Waals surface area (Å²) in [6.07, 6.45) is 0. The van der Waals surface area contributed by atoms with Crippen LogP contribution in [0.25, 0.3) is 0 Å². The van der Waals surface area contributed by atoms with E-state index in [-0.39, 0.29) is 0 Å². The first kappa shape index (κ1) is 14.3. The maximum absolute atomic E-state index is 6.13. The molecule has 19 heavy (non-hydrogen) atoms. The van der Waals surface area contributed by atoms with Crippen LogP contribution < -0.4 is 5.32 Å². The Hall–Kier alpha value is -1.10. The highest BCUT2D eigenvalue weighted by molar-refractivity contribution is 7.98. The minimum atomic E-state index is 0.724. The van der Waals surface area contributed by atoms with E-state index in [9.17, 15) is 0 Å². The van der Waals surface area contributed by atoms with Gasteiger partial charge in [-0.1, -0.05) is 23.7 Å². The summed E-state index contributed by atoms with van der Waals surface area (Å²) >= 11 is 7.79. The number of nitrogens with one attached hydrogen (secondary N) is 1. The van der Waals surface area contributed by atoms with Crippen molar-refractivity contribution in [2.75, 3.05) is 7.05 Å². The van der Waals surface area contributed by atoms with Crippen molar-refractivity contribution in [3.05, 3.63) is 52.6 Å². The summed E-state index contributed by atoms with van der Waals surface area (Å²) < 4.78 is 0. The number of thioether (sulfide) groups is 1. The lowest BCUT2D eigenvalue weighted by Crippen LogP contribution is -2.09. The van der Waals surface area contributed by atoms with E-state index < -0.39 is 0 Å². The summed E-state index contributed by atoms with van der Waals surface area (Å²) in [6.45, 7) is 2.75. The van der Waals surface area contributed by atoms with Gasteiger partial charge in [-0.3, -0.25) is 0 Å². The third-order valence-corrected chi connectivity index (χ3v) is 4.02. The largest absolute Gasteiger partial charge is 0.314 e. The highest BCUT2D eigenvalue weighted by Crippen LogP contribution is 2.28. The molecule has 0 amide bonds. The lowest BCUT2D eigenvalue weighted by atomic mass is 10.3. The smallest absolute Gasteiger partial charge is 0.139 e. The average Bonchev–Trinajstić information content (AvgIpc) is 2.37. The molecule has 100 valence electrons. The Balaban J connectivity index is 2.09. The minimum absolute atomic E-state index is 0.724. The number of hydrogen-bond donors (Lipinski definition) is 1.